The Bertz CT molecular complexity index is 1250. The molecule has 1 amide bonds. The lowest BCUT2D eigenvalue weighted by Crippen LogP contribution is -2.38. The highest BCUT2D eigenvalue weighted by Gasteiger charge is 2.34. The number of imidazole rings is 1. The van der Waals surface area contributed by atoms with Crippen molar-refractivity contribution >= 4 is 27.9 Å². The molecule has 1 aliphatic heterocycles. The monoisotopic (exact) mass is 421 g/mol. The van der Waals surface area contributed by atoms with Crippen LogP contribution in [0, 0.1) is 0 Å². The van der Waals surface area contributed by atoms with E-state index in [9.17, 15) is 13.6 Å². The number of pyridine rings is 2. The summed E-state index contributed by atoms with van der Waals surface area (Å²) < 4.78 is 28.7. The average Bonchev–Trinajstić information content (AvgIpc) is 3.14. The van der Waals surface area contributed by atoms with Crippen molar-refractivity contribution in [3.63, 3.8) is 0 Å². The lowest BCUT2D eigenvalue weighted by molar-refractivity contribution is -0.0567. The second-order valence-electron chi connectivity index (χ2n) is 7.83. The summed E-state index contributed by atoms with van der Waals surface area (Å²) in [4.78, 5) is 23.8. The second-order valence-corrected chi connectivity index (χ2v) is 7.83. The molecule has 0 radical (unpaired) electrons. The molecule has 0 atom stereocenters. The van der Waals surface area contributed by atoms with Crippen molar-refractivity contribution in [2.75, 3.05) is 18.4 Å². The molecule has 5 rings (SSSR count). The number of halogens is 2. The van der Waals surface area contributed by atoms with Crippen LogP contribution in [0.5, 0.6) is 0 Å². The first-order chi connectivity index (χ1) is 15.0. The first-order valence-electron chi connectivity index (χ1n) is 10.2. The smallest absolute Gasteiger partial charge is 0.292 e. The minimum Gasteiger partial charge on any atom is -0.319 e. The number of fused-ring (bicyclic) bond motifs is 2. The highest BCUT2D eigenvalue weighted by Crippen LogP contribution is 2.29. The van der Waals surface area contributed by atoms with Gasteiger partial charge in [-0.25, -0.2) is 13.8 Å². The van der Waals surface area contributed by atoms with Gasteiger partial charge in [-0.2, -0.15) is 0 Å². The summed E-state index contributed by atoms with van der Waals surface area (Å²) in [5, 5.41) is 4.77. The molecule has 0 bridgehead atoms. The Kier molecular flexibility index (Phi) is 4.86. The maximum atomic E-state index is 13.5. The van der Waals surface area contributed by atoms with Gasteiger partial charge in [0.1, 0.15) is 0 Å². The van der Waals surface area contributed by atoms with E-state index in [1.54, 1.807) is 23.0 Å². The molecule has 1 aliphatic rings. The lowest BCUT2D eigenvalue weighted by Gasteiger charge is -2.31. The zero-order chi connectivity index (χ0) is 21.4. The predicted molar refractivity (Wildman–Crippen MR) is 114 cm³/mol. The first-order valence-corrected chi connectivity index (χ1v) is 10.2. The van der Waals surface area contributed by atoms with Gasteiger partial charge in [0.2, 0.25) is 5.82 Å². The third-order valence-corrected chi connectivity index (χ3v) is 5.72. The van der Waals surface area contributed by atoms with Crippen LogP contribution >= 0.6 is 0 Å². The van der Waals surface area contributed by atoms with E-state index in [0.29, 0.717) is 31.0 Å². The number of hydrogen-bond acceptors (Lipinski definition) is 4. The van der Waals surface area contributed by atoms with Crippen LogP contribution in [-0.4, -0.2) is 44.2 Å². The van der Waals surface area contributed by atoms with Crippen LogP contribution in [-0.2, 0) is 6.54 Å². The number of nitrogens with zero attached hydrogens (tertiary/aromatic N) is 4. The van der Waals surface area contributed by atoms with Gasteiger partial charge in [-0.1, -0.05) is 18.2 Å². The summed E-state index contributed by atoms with van der Waals surface area (Å²) in [6.07, 6.45) is 4.92. The fourth-order valence-corrected chi connectivity index (χ4v) is 4.04. The number of rotatable bonds is 4. The quantitative estimate of drug-likeness (QED) is 0.532. The van der Waals surface area contributed by atoms with Crippen molar-refractivity contribution in [3.05, 3.63) is 72.6 Å². The highest BCUT2D eigenvalue weighted by molar-refractivity contribution is 6.07. The summed E-state index contributed by atoms with van der Waals surface area (Å²) in [7, 11) is 0. The Labute approximate surface area is 177 Å². The molecule has 1 N–H and O–H groups in total. The van der Waals surface area contributed by atoms with Gasteiger partial charge in [-0.05, 0) is 24.3 Å². The standard InChI is InChI=1S/C23H21F2N5O/c24-23(25)8-12-29(13-9-23)15-19-20-6-1-2-11-30(20)21(27-19)22(31)28-18-5-3-4-16-14-26-10-7-17(16)18/h1-7,10-11,14H,8-9,12-13,15H2,(H,28,31). The van der Waals surface area contributed by atoms with E-state index in [4.69, 9.17) is 0 Å². The van der Waals surface area contributed by atoms with E-state index in [1.807, 2.05) is 47.4 Å². The lowest BCUT2D eigenvalue weighted by atomic mass is 10.1. The van der Waals surface area contributed by atoms with Gasteiger partial charge in [-0.3, -0.25) is 19.1 Å². The number of carbonyl (C=O) groups is 1. The Morgan fingerprint density at radius 2 is 1.94 bits per heavy atom. The summed E-state index contributed by atoms with van der Waals surface area (Å²) in [5.41, 5.74) is 2.18. The number of piperidine rings is 1. The number of carbonyl (C=O) groups excluding carboxylic acids is 1. The fourth-order valence-electron chi connectivity index (χ4n) is 4.04. The summed E-state index contributed by atoms with van der Waals surface area (Å²) in [6, 6.07) is 13.1. The third-order valence-electron chi connectivity index (χ3n) is 5.72. The topological polar surface area (TPSA) is 62.5 Å². The van der Waals surface area contributed by atoms with Gasteiger partial charge in [0, 0.05) is 67.5 Å². The van der Waals surface area contributed by atoms with Gasteiger partial charge < -0.3 is 5.32 Å². The van der Waals surface area contributed by atoms with E-state index in [2.05, 4.69) is 15.3 Å². The summed E-state index contributed by atoms with van der Waals surface area (Å²) >= 11 is 0. The molecule has 3 aromatic heterocycles. The molecular formula is C23H21F2N5O. The molecule has 1 saturated heterocycles. The molecule has 8 heteroatoms. The molecule has 158 valence electrons. The number of anilines is 1. The second kappa shape index (κ2) is 7.70. The molecule has 31 heavy (non-hydrogen) atoms. The van der Waals surface area contributed by atoms with Crippen molar-refractivity contribution in [2.45, 2.75) is 25.3 Å². The Morgan fingerprint density at radius 3 is 2.77 bits per heavy atom. The van der Waals surface area contributed by atoms with Crippen molar-refractivity contribution in [3.8, 4) is 0 Å². The van der Waals surface area contributed by atoms with Gasteiger partial charge in [0.25, 0.3) is 11.8 Å². The van der Waals surface area contributed by atoms with Crippen molar-refractivity contribution in [1.82, 2.24) is 19.3 Å². The highest BCUT2D eigenvalue weighted by atomic mass is 19.3. The van der Waals surface area contributed by atoms with Crippen LogP contribution < -0.4 is 5.32 Å². The maximum absolute atomic E-state index is 13.5. The van der Waals surface area contributed by atoms with Crippen molar-refractivity contribution in [2.24, 2.45) is 0 Å². The minimum absolute atomic E-state index is 0.151. The molecule has 0 unspecified atom stereocenters. The van der Waals surface area contributed by atoms with E-state index >= 15 is 0 Å². The van der Waals surface area contributed by atoms with Gasteiger partial charge >= 0.3 is 0 Å². The van der Waals surface area contributed by atoms with Crippen LogP contribution in [0.2, 0.25) is 0 Å². The maximum Gasteiger partial charge on any atom is 0.292 e. The van der Waals surface area contributed by atoms with E-state index < -0.39 is 5.92 Å². The van der Waals surface area contributed by atoms with E-state index in [-0.39, 0.29) is 24.6 Å². The molecular weight excluding hydrogens is 400 g/mol. The molecule has 1 aromatic carbocycles. The summed E-state index contributed by atoms with van der Waals surface area (Å²) in [5.74, 6) is -2.66. The van der Waals surface area contributed by atoms with Crippen molar-refractivity contribution < 1.29 is 13.6 Å². The largest absolute Gasteiger partial charge is 0.319 e. The molecule has 0 aliphatic carbocycles. The van der Waals surface area contributed by atoms with Crippen molar-refractivity contribution in [1.29, 1.82) is 0 Å². The zero-order valence-corrected chi connectivity index (χ0v) is 16.8. The van der Waals surface area contributed by atoms with Crippen LogP contribution in [0.1, 0.15) is 29.2 Å². The molecule has 0 saturated carbocycles. The number of amides is 1. The van der Waals surface area contributed by atoms with Gasteiger partial charge in [0.15, 0.2) is 0 Å². The molecule has 4 aromatic rings. The van der Waals surface area contributed by atoms with Crippen LogP contribution in [0.4, 0.5) is 14.5 Å². The number of likely N-dealkylation sites (tertiary alicyclic amines) is 1. The Morgan fingerprint density at radius 1 is 1.10 bits per heavy atom. The van der Waals surface area contributed by atoms with Gasteiger partial charge in [-0.15, -0.1) is 0 Å². The molecule has 0 spiro atoms. The average molecular weight is 421 g/mol. The zero-order valence-electron chi connectivity index (χ0n) is 16.8. The number of alkyl halides is 2. The fraction of sp³-hybridized carbons (Fsp3) is 0.261. The first kappa shape index (κ1) is 19.6. The van der Waals surface area contributed by atoms with E-state index in [0.717, 1.165) is 16.3 Å². The Hall–Kier alpha value is -3.39. The Balaban J connectivity index is 1.44. The van der Waals surface area contributed by atoms with Gasteiger partial charge in [0.05, 0.1) is 11.2 Å². The summed E-state index contributed by atoms with van der Waals surface area (Å²) in [6.45, 7) is 1.05. The number of aromatic nitrogens is 3. The molecule has 4 heterocycles. The number of nitrogens with one attached hydrogen (secondary N) is 1. The number of benzene rings is 1. The third kappa shape index (κ3) is 3.86. The van der Waals surface area contributed by atoms with Crippen LogP contribution in [0.3, 0.4) is 0 Å². The van der Waals surface area contributed by atoms with Crippen LogP contribution in [0.15, 0.2) is 61.1 Å². The molecule has 1 fully saturated rings. The predicted octanol–water partition coefficient (Wildman–Crippen LogP) is 4.37. The normalized spacial score (nSPS) is 16.6. The SMILES string of the molecule is O=C(Nc1cccc2cnccc12)c1nc(CN2CCC(F)(F)CC2)c2ccccn12. The minimum atomic E-state index is -2.59. The van der Waals surface area contributed by atoms with Crippen LogP contribution in [0.25, 0.3) is 16.3 Å². The number of hydrogen-bond donors (Lipinski definition) is 1. The van der Waals surface area contributed by atoms with E-state index in [1.165, 1.54) is 0 Å². The molecule has 6 nitrogen and oxygen atoms in total.